The molecule has 1 aliphatic rings. The molecule has 5 rings (SSSR count). The predicted molar refractivity (Wildman–Crippen MR) is 136 cm³/mol. The SMILES string of the molecule is O=C(O)[C@@H](CO)NCc1ccc(Nc2nsc3c(-c4ccc5c(c4)OCCO5)cccc23)c(Cl)c1. The van der Waals surface area contributed by atoms with Crippen LogP contribution in [0.25, 0.3) is 21.2 Å². The second kappa shape index (κ2) is 10.1. The molecule has 1 aliphatic heterocycles. The number of carbonyl (C=O) groups is 1. The third-order valence-corrected chi connectivity index (χ3v) is 6.88. The number of hydrogen-bond acceptors (Lipinski definition) is 8. The normalized spacial score (nSPS) is 13.5. The van der Waals surface area contributed by atoms with Gasteiger partial charge in [-0.25, -0.2) is 0 Å². The highest BCUT2D eigenvalue weighted by molar-refractivity contribution is 7.14. The number of carboxylic acids is 1. The topological polar surface area (TPSA) is 113 Å². The summed E-state index contributed by atoms with van der Waals surface area (Å²) in [6.07, 6.45) is 0. The van der Waals surface area contributed by atoms with Gasteiger partial charge in [-0.1, -0.05) is 35.9 Å². The lowest BCUT2D eigenvalue weighted by Crippen LogP contribution is -2.39. The van der Waals surface area contributed by atoms with Gasteiger partial charge >= 0.3 is 5.97 Å². The molecule has 2 heterocycles. The Balaban J connectivity index is 1.37. The molecular weight excluding hydrogens is 490 g/mol. The largest absolute Gasteiger partial charge is 0.486 e. The number of ether oxygens (including phenoxy) is 2. The van der Waals surface area contributed by atoms with Gasteiger partial charge in [0.05, 0.1) is 22.0 Å². The van der Waals surface area contributed by atoms with E-state index in [0.29, 0.717) is 29.7 Å². The highest BCUT2D eigenvalue weighted by Crippen LogP contribution is 2.40. The molecule has 0 amide bonds. The lowest BCUT2D eigenvalue weighted by Gasteiger charge is -2.19. The number of aliphatic hydroxyl groups is 1. The molecule has 0 saturated heterocycles. The average molecular weight is 512 g/mol. The summed E-state index contributed by atoms with van der Waals surface area (Å²) in [5.74, 6) is 1.08. The van der Waals surface area contributed by atoms with E-state index in [-0.39, 0.29) is 6.54 Å². The summed E-state index contributed by atoms with van der Waals surface area (Å²) in [5, 5.41) is 25.7. The minimum Gasteiger partial charge on any atom is -0.486 e. The summed E-state index contributed by atoms with van der Waals surface area (Å²) >= 11 is 7.90. The molecule has 0 aliphatic carbocycles. The zero-order chi connectivity index (χ0) is 24.4. The molecule has 0 radical (unpaired) electrons. The maximum atomic E-state index is 11.1. The molecule has 4 N–H and O–H groups in total. The van der Waals surface area contributed by atoms with Crippen molar-refractivity contribution in [2.45, 2.75) is 12.6 Å². The van der Waals surface area contributed by atoms with Crippen molar-refractivity contribution >= 4 is 50.7 Å². The first-order chi connectivity index (χ1) is 17.0. The van der Waals surface area contributed by atoms with Crippen LogP contribution in [0.15, 0.2) is 54.6 Å². The molecule has 180 valence electrons. The lowest BCUT2D eigenvalue weighted by molar-refractivity contribution is -0.140. The number of hydrogen-bond donors (Lipinski definition) is 4. The first-order valence-electron chi connectivity index (χ1n) is 10.9. The van der Waals surface area contributed by atoms with Gasteiger partial charge in [0.2, 0.25) is 0 Å². The molecule has 0 saturated carbocycles. The number of aromatic nitrogens is 1. The quantitative estimate of drug-likeness (QED) is 0.270. The number of rotatable bonds is 8. The Bertz CT molecular complexity index is 1390. The fraction of sp³-hybridized carbons (Fsp3) is 0.200. The summed E-state index contributed by atoms with van der Waals surface area (Å²) in [5.41, 5.74) is 3.55. The van der Waals surface area contributed by atoms with E-state index in [1.165, 1.54) is 11.5 Å². The molecule has 1 aromatic heterocycles. The fourth-order valence-electron chi connectivity index (χ4n) is 3.86. The zero-order valence-electron chi connectivity index (χ0n) is 18.5. The number of nitrogens with zero attached hydrogens (tertiary/aromatic N) is 1. The molecule has 4 aromatic rings. The molecule has 1 atom stereocenters. The van der Waals surface area contributed by atoms with Crippen molar-refractivity contribution in [3.8, 4) is 22.6 Å². The number of aliphatic carboxylic acids is 1. The number of aliphatic hydroxyl groups excluding tert-OH is 1. The van der Waals surface area contributed by atoms with E-state index in [9.17, 15) is 4.79 Å². The molecule has 8 nitrogen and oxygen atoms in total. The number of fused-ring (bicyclic) bond motifs is 2. The van der Waals surface area contributed by atoms with Gasteiger partial charge in [-0.2, -0.15) is 4.37 Å². The Hall–Kier alpha value is -3.37. The number of anilines is 2. The summed E-state index contributed by atoms with van der Waals surface area (Å²) in [4.78, 5) is 11.1. The second-order valence-corrected chi connectivity index (χ2v) is 9.15. The minimum absolute atomic E-state index is 0.260. The first kappa shape index (κ1) is 23.4. The van der Waals surface area contributed by atoms with Crippen LogP contribution >= 0.6 is 23.1 Å². The number of carboxylic acid groups (broad SMARTS) is 1. The van der Waals surface area contributed by atoms with Crippen LogP contribution in [0.4, 0.5) is 11.5 Å². The monoisotopic (exact) mass is 511 g/mol. The Morgan fingerprint density at radius 2 is 1.94 bits per heavy atom. The van der Waals surface area contributed by atoms with Crippen LogP contribution in [0, 0.1) is 0 Å². The van der Waals surface area contributed by atoms with Crippen molar-refractivity contribution in [2.24, 2.45) is 0 Å². The van der Waals surface area contributed by atoms with E-state index in [4.69, 9.17) is 31.3 Å². The first-order valence-corrected chi connectivity index (χ1v) is 12.1. The van der Waals surface area contributed by atoms with E-state index in [2.05, 4.69) is 21.1 Å². The molecule has 0 fully saturated rings. The van der Waals surface area contributed by atoms with E-state index in [1.54, 1.807) is 6.07 Å². The van der Waals surface area contributed by atoms with Crippen molar-refractivity contribution in [3.05, 3.63) is 65.2 Å². The van der Waals surface area contributed by atoms with Gasteiger partial charge in [-0.3, -0.25) is 10.1 Å². The van der Waals surface area contributed by atoms with Gasteiger partial charge in [0.25, 0.3) is 0 Å². The van der Waals surface area contributed by atoms with Crippen molar-refractivity contribution < 1.29 is 24.5 Å². The molecule has 35 heavy (non-hydrogen) atoms. The Morgan fingerprint density at radius 1 is 1.11 bits per heavy atom. The summed E-state index contributed by atoms with van der Waals surface area (Å²) < 4.78 is 17.0. The fourth-order valence-corrected chi connectivity index (χ4v) is 4.98. The van der Waals surface area contributed by atoms with Crippen molar-refractivity contribution in [1.29, 1.82) is 0 Å². The van der Waals surface area contributed by atoms with Gasteiger partial charge in [0.1, 0.15) is 19.3 Å². The van der Waals surface area contributed by atoms with Crippen LogP contribution in [0.5, 0.6) is 11.5 Å². The molecular formula is C25H22ClN3O5S. The van der Waals surface area contributed by atoms with Gasteiger partial charge in [0, 0.05) is 17.5 Å². The average Bonchev–Trinajstić information content (AvgIpc) is 3.28. The molecule has 3 aromatic carbocycles. The van der Waals surface area contributed by atoms with Crippen LogP contribution in [-0.4, -0.2) is 46.4 Å². The van der Waals surface area contributed by atoms with Crippen LogP contribution in [-0.2, 0) is 11.3 Å². The van der Waals surface area contributed by atoms with Gasteiger partial charge in [-0.15, -0.1) is 0 Å². The number of benzene rings is 3. The lowest BCUT2D eigenvalue weighted by atomic mass is 10.0. The maximum Gasteiger partial charge on any atom is 0.323 e. The molecule has 0 unspecified atom stereocenters. The second-order valence-electron chi connectivity index (χ2n) is 7.97. The molecule has 10 heteroatoms. The third kappa shape index (κ3) is 4.89. The van der Waals surface area contributed by atoms with Crippen LogP contribution < -0.4 is 20.1 Å². The third-order valence-electron chi connectivity index (χ3n) is 5.67. The highest BCUT2D eigenvalue weighted by atomic mass is 35.5. The smallest absolute Gasteiger partial charge is 0.323 e. The summed E-state index contributed by atoms with van der Waals surface area (Å²) in [6, 6.07) is 16.4. The maximum absolute atomic E-state index is 11.1. The standard InChI is InChI=1S/C25H22ClN3O5S/c26-18-10-14(12-27-20(13-30)25(31)32)4-6-19(18)28-24-17-3-1-2-16(23(17)35-29-24)15-5-7-21-22(11-15)34-9-8-33-21/h1-7,10-11,20,27,30H,8-9,12-13H2,(H,28,29)(H,31,32)/t20-/m1/s1. The van der Waals surface area contributed by atoms with Crippen LogP contribution in [0.2, 0.25) is 5.02 Å². The Morgan fingerprint density at radius 3 is 2.71 bits per heavy atom. The van der Waals surface area contributed by atoms with Crippen molar-refractivity contribution in [1.82, 2.24) is 9.69 Å². The van der Waals surface area contributed by atoms with E-state index < -0.39 is 18.6 Å². The van der Waals surface area contributed by atoms with E-state index in [1.807, 2.05) is 42.5 Å². The predicted octanol–water partition coefficient (Wildman–Crippen LogP) is 4.67. The Labute approximate surface area is 210 Å². The number of halogens is 1. The van der Waals surface area contributed by atoms with E-state index >= 15 is 0 Å². The van der Waals surface area contributed by atoms with Gasteiger partial charge < -0.3 is 25.0 Å². The highest BCUT2D eigenvalue weighted by Gasteiger charge is 2.17. The van der Waals surface area contributed by atoms with Crippen LogP contribution in [0.3, 0.4) is 0 Å². The minimum atomic E-state index is -1.11. The summed E-state index contributed by atoms with van der Waals surface area (Å²) in [6.45, 7) is 0.855. The summed E-state index contributed by atoms with van der Waals surface area (Å²) in [7, 11) is 0. The van der Waals surface area contributed by atoms with E-state index in [0.717, 1.165) is 38.3 Å². The van der Waals surface area contributed by atoms with Gasteiger partial charge in [-0.05, 0) is 53.0 Å². The van der Waals surface area contributed by atoms with Crippen molar-refractivity contribution in [2.75, 3.05) is 25.1 Å². The number of nitrogens with one attached hydrogen (secondary N) is 2. The zero-order valence-corrected chi connectivity index (χ0v) is 20.0. The Kier molecular flexibility index (Phi) is 6.74. The van der Waals surface area contributed by atoms with Crippen molar-refractivity contribution in [3.63, 3.8) is 0 Å². The molecule has 0 spiro atoms. The molecule has 0 bridgehead atoms. The van der Waals surface area contributed by atoms with Crippen LogP contribution in [0.1, 0.15) is 5.56 Å². The van der Waals surface area contributed by atoms with Gasteiger partial charge in [0.15, 0.2) is 17.3 Å².